The number of benzene rings is 1. The van der Waals surface area contributed by atoms with Crippen LogP contribution in [0, 0.1) is 6.92 Å². The standard InChI is InChI=1S/C14H18Cl2N2S/c1-4-14(3)5-6-19-13(18-14)17-12-8-10(15)9(2)7-11(12)16/h7-8H,4-6H2,1-3H3,(H,17,18). The summed E-state index contributed by atoms with van der Waals surface area (Å²) in [4.78, 5) is 4.79. The lowest BCUT2D eigenvalue weighted by molar-refractivity contribution is 0.443. The summed E-state index contributed by atoms with van der Waals surface area (Å²) in [5.74, 6) is 1.08. The van der Waals surface area contributed by atoms with Gasteiger partial charge in [-0.05, 0) is 44.4 Å². The number of rotatable bonds is 2. The maximum absolute atomic E-state index is 6.24. The lowest BCUT2D eigenvalue weighted by atomic mass is 9.97. The fraction of sp³-hybridized carbons (Fsp3) is 0.500. The van der Waals surface area contributed by atoms with Crippen molar-refractivity contribution in [1.29, 1.82) is 0 Å². The number of thioether (sulfide) groups is 1. The van der Waals surface area contributed by atoms with Gasteiger partial charge in [-0.25, -0.2) is 0 Å². The van der Waals surface area contributed by atoms with E-state index in [1.54, 1.807) is 11.8 Å². The zero-order valence-corrected chi connectivity index (χ0v) is 13.7. The third kappa shape index (κ3) is 3.59. The van der Waals surface area contributed by atoms with E-state index in [2.05, 4.69) is 19.2 Å². The fourth-order valence-electron chi connectivity index (χ4n) is 1.88. The van der Waals surface area contributed by atoms with Gasteiger partial charge in [-0.1, -0.05) is 41.9 Å². The molecule has 2 nitrogen and oxygen atoms in total. The Balaban J connectivity index is 2.24. The average Bonchev–Trinajstić information content (AvgIpc) is 2.36. The molecule has 2 rings (SSSR count). The molecule has 0 saturated heterocycles. The Morgan fingerprint density at radius 3 is 2.79 bits per heavy atom. The van der Waals surface area contributed by atoms with Gasteiger partial charge in [0.2, 0.25) is 0 Å². The van der Waals surface area contributed by atoms with Crippen LogP contribution in [-0.4, -0.2) is 16.5 Å². The van der Waals surface area contributed by atoms with Crippen molar-refractivity contribution in [2.75, 3.05) is 11.1 Å². The topological polar surface area (TPSA) is 24.4 Å². The molecule has 1 aliphatic heterocycles. The molecule has 0 fully saturated rings. The minimum absolute atomic E-state index is 0.0363. The van der Waals surface area contributed by atoms with Gasteiger partial charge in [-0.2, -0.15) is 0 Å². The first kappa shape index (κ1) is 15.0. The first-order valence-corrected chi connectivity index (χ1v) is 8.13. The van der Waals surface area contributed by atoms with Gasteiger partial charge in [0.1, 0.15) is 0 Å². The zero-order valence-electron chi connectivity index (χ0n) is 11.4. The summed E-state index contributed by atoms with van der Waals surface area (Å²) in [6, 6.07) is 3.74. The number of nitrogens with one attached hydrogen (secondary N) is 1. The van der Waals surface area contributed by atoms with Crippen molar-refractivity contribution >= 4 is 45.8 Å². The van der Waals surface area contributed by atoms with E-state index < -0.39 is 0 Å². The predicted molar refractivity (Wildman–Crippen MR) is 88.0 cm³/mol. The molecule has 1 aliphatic rings. The number of amidine groups is 1. The van der Waals surface area contributed by atoms with Crippen molar-refractivity contribution < 1.29 is 0 Å². The SMILES string of the molecule is CCC1(C)CCSC(Nc2cc(Cl)c(C)cc2Cl)=N1. The van der Waals surface area contributed by atoms with Crippen LogP contribution >= 0.6 is 35.0 Å². The molecule has 1 N–H and O–H groups in total. The van der Waals surface area contributed by atoms with Crippen molar-refractivity contribution in [3.05, 3.63) is 27.7 Å². The van der Waals surface area contributed by atoms with Crippen LogP contribution < -0.4 is 5.32 Å². The van der Waals surface area contributed by atoms with Gasteiger partial charge in [0.25, 0.3) is 0 Å². The van der Waals surface area contributed by atoms with E-state index in [9.17, 15) is 0 Å². The Morgan fingerprint density at radius 2 is 2.11 bits per heavy atom. The lowest BCUT2D eigenvalue weighted by Gasteiger charge is -2.29. The largest absolute Gasteiger partial charge is 0.334 e. The molecule has 0 amide bonds. The summed E-state index contributed by atoms with van der Waals surface area (Å²) < 4.78 is 0. The Labute approximate surface area is 129 Å². The molecule has 1 aromatic carbocycles. The quantitative estimate of drug-likeness (QED) is 0.792. The van der Waals surface area contributed by atoms with E-state index in [1.165, 1.54) is 0 Å². The first-order chi connectivity index (χ1) is 8.93. The number of aliphatic imine (C=N–C) groups is 1. The highest BCUT2D eigenvalue weighted by Gasteiger charge is 2.26. The summed E-state index contributed by atoms with van der Waals surface area (Å²) in [5.41, 5.74) is 1.84. The fourth-order valence-corrected chi connectivity index (χ4v) is 3.51. The highest BCUT2D eigenvalue weighted by molar-refractivity contribution is 8.14. The molecule has 0 aromatic heterocycles. The molecule has 1 atom stereocenters. The van der Waals surface area contributed by atoms with Crippen LogP contribution in [0.4, 0.5) is 5.69 Å². The molecular formula is C14H18Cl2N2S. The third-order valence-corrected chi connectivity index (χ3v) is 5.10. The number of hydrogen-bond donors (Lipinski definition) is 1. The molecule has 0 spiro atoms. The van der Waals surface area contributed by atoms with Crippen LogP contribution in [0.1, 0.15) is 32.3 Å². The Bertz CT molecular complexity index is 516. The number of aryl methyl sites for hydroxylation is 1. The van der Waals surface area contributed by atoms with E-state index in [4.69, 9.17) is 28.2 Å². The van der Waals surface area contributed by atoms with Crippen molar-refractivity contribution in [3.63, 3.8) is 0 Å². The van der Waals surface area contributed by atoms with Gasteiger partial charge in [0, 0.05) is 10.8 Å². The van der Waals surface area contributed by atoms with Crippen LogP contribution in [0.3, 0.4) is 0 Å². The average molecular weight is 317 g/mol. The molecule has 1 heterocycles. The molecule has 1 unspecified atom stereocenters. The van der Waals surface area contributed by atoms with Crippen LogP contribution in [0.15, 0.2) is 17.1 Å². The van der Waals surface area contributed by atoms with Crippen LogP contribution in [0.2, 0.25) is 10.0 Å². The highest BCUT2D eigenvalue weighted by atomic mass is 35.5. The second kappa shape index (κ2) is 5.94. The second-order valence-corrected chi connectivity index (χ2v) is 6.97. The smallest absolute Gasteiger partial charge is 0.161 e. The molecular weight excluding hydrogens is 299 g/mol. The van der Waals surface area contributed by atoms with Gasteiger partial charge >= 0.3 is 0 Å². The highest BCUT2D eigenvalue weighted by Crippen LogP contribution is 2.33. The molecule has 19 heavy (non-hydrogen) atoms. The summed E-state index contributed by atoms with van der Waals surface area (Å²) >= 11 is 14.1. The minimum Gasteiger partial charge on any atom is -0.334 e. The minimum atomic E-state index is 0.0363. The van der Waals surface area contributed by atoms with Gasteiger partial charge in [0.15, 0.2) is 5.17 Å². The van der Waals surface area contributed by atoms with Crippen molar-refractivity contribution in [2.45, 2.75) is 39.2 Å². The van der Waals surface area contributed by atoms with E-state index in [0.717, 1.165) is 35.0 Å². The number of halogens is 2. The summed E-state index contributed by atoms with van der Waals surface area (Å²) in [6.07, 6.45) is 2.16. The Morgan fingerprint density at radius 1 is 1.37 bits per heavy atom. The second-order valence-electron chi connectivity index (χ2n) is 5.07. The molecule has 0 saturated carbocycles. The molecule has 0 radical (unpaired) electrons. The number of hydrogen-bond acceptors (Lipinski definition) is 3. The van der Waals surface area contributed by atoms with Crippen molar-refractivity contribution in [2.24, 2.45) is 4.99 Å². The summed E-state index contributed by atoms with van der Waals surface area (Å²) in [6.45, 7) is 6.31. The zero-order chi connectivity index (χ0) is 14.0. The molecule has 104 valence electrons. The summed E-state index contributed by atoms with van der Waals surface area (Å²) in [5, 5.41) is 5.62. The molecule has 0 bridgehead atoms. The van der Waals surface area contributed by atoms with Crippen LogP contribution in [0.5, 0.6) is 0 Å². The predicted octanol–water partition coefficient (Wildman–Crippen LogP) is 5.38. The molecule has 5 heteroatoms. The number of nitrogens with zero attached hydrogens (tertiary/aromatic N) is 1. The lowest BCUT2D eigenvalue weighted by Crippen LogP contribution is -2.29. The Hall–Kier alpha value is -0.380. The van der Waals surface area contributed by atoms with Gasteiger partial charge in [-0.3, -0.25) is 4.99 Å². The van der Waals surface area contributed by atoms with Crippen LogP contribution in [0.25, 0.3) is 0 Å². The molecule has 1 aromatic rings. The molecule has 0 aliphatic carbocycles. The monoisotopic (exact) mass is 316 g/mol. The first-order valence-electron chi connectivity index (χ1n) is 6.39. The third-order valence-electron chi connectivity index (χ3n) is 3.50. The Kier molecular flexibility index (Phi) is 4.70. The number of anilines is 1. The summed E-state index contributed by atoms with van der Waals surface area (Å²) in [7, 11) is 0. The van der Waals surface area contributed by atoms with Gasteiger partial charge in [-0.15, -0.1) is 0 Å². The van der Waals surface area contributed by atoms with E-state index in [1.807, 2.05) is 19.1 Å². The maximum Gasteiger partial charge on any atom is 0.161 e. The van der Waals surface area contributed by atoms with Crippen LogP contribution in [-0.2, 0) is 0 Å². The van der Waals surface area contributed by atoms with E-state index in [0.29, 0.717) is 10.0 Å². The van der Waals surface area contributed by atoms with Crippen molar-refractivity contribution in [3.8, 4) is 0 Å². The van der Waals surface area contributed by atoms with Gasteiger partial charge in [0.05, 0.1) is 16.2 Å². The van der Waals surface area contributed by atoms with E-state index in [-0.39, 0.29) is 5.54 Å². The maximum atomic E-state index is 6.24. The van der Waals surface area contributed by atoms with Crippen molar-refractivity contribution in [1.82, 2.24) is 0 Å². The normalized spacial score (nSPS) is 23.1. The van der Waals surface area contributed by atoms with E-state index >= 15 is 0 Å². The van der Waals surface area contributed by atoms with Gasteiger partial charge < -0.3 is 5.32 Å².